The van der Waals surface area contributed by atoms with E-state index in [1.54, 1.807) is 0 Å². The Labute approximate surface area is 52.6 Å². The Bertz CT molecular complexity index is 198. The molecule has 0 aliphatic carbocycles. The molecule has 0 spiro atoms. The van der Waals surface area contributed by atoms with Crippen molar-refractivity contribution < 1.29 is 4.79 Å². The van der Waals surface area contributed by atoms with Crippen molar-refractivity contribution >= 4 is 25.1 Å². The van der Waals surface area contributed by atoms with Crippen molar-refractivity contribution in [3.8, 4) is 0 Å². The fourth-order valence-corrected chi connectivity index (χ4v) is 1.52. The number of aliphatic imine (C=N–C) groups is 1. The molecule has 0 aliphatic rings. The molecule has 1 aromatic heterocycles. The molecular weight excluding hydrogens is 169 g/mol. The quantitative estimate of drug-likeness (QED) is 0.348. The molecular formula is C5H3NOSe. The third-order valence-electron chi connectivity index (χ3n) is 0.662. The van der Waals surface area contributed by atoms with Crippen LogP contribution in [0.4, 0.5) is 4.56 Å². The van der Waals surface area contributed by atoms with Crippen LogP contribution < -0.4 is 0 Å². The van der Waals surface area contributed by atoms with E-state index in [0.717, 1.165) is 4.56 Å². The van der Waals surface area contributed by atoms with E-state index in [1.165, 1.54) is 6.08 Å². The third-order valence-corrected chi connectivity index (χ3v) is 2.26. The molecule has 1 rings (SSSR count). The topological polar surface area (TPSA) is 29.4 Å². The van der Waals surface area contributed by atoms with Gasteiger partial charge in [0.2, 0.25) is 0 Å². The average molecular weight is 172 g/mol. The Balaban J connectivity index is 2.93. The van der Waals surface area contributed by atoms with Crippen molar-refractivity contribution in [2.45, 2.75) is 0 Å². The first-order chi connectivity index (χ1) is 3.93. The van der Waals surface area contributed by atoms with Crippen LogP contribution in [0.15, 0.2) is 22.1 Å². The van der Waals surface area contributed by atoms with Crippen LogP contribution in [0.25, 0.3) is 0 Å². The molecule has 0 atom stereocenters. The molecule has 0 amide bonds. The molecule has 0 N–H and O–H groups in total. The van der Waals surface area contributed by atoms with E-state index in [-0.39, 0.29) is 14.5 Å². The number of hydrogen-bond donors (Lipinski definition) is 0. The van der Waals surface area contributed by atoms with Crippen LogP contribution in [-0.2, 0) is 4.79 Å². The van der Waals surface area contributed by atoms with E-state index in [9.17, 15) is 4.79 Å². The van der Waals surface area contributed by atoms with Gasteiger partial charge in [-0.05, 0) is 0 Å². The van der Waals surface area contributed by atoms with Crippen LogP contribution in [0.2, 0.25) is 0 Å². The maximum atomic E-state index is 9.61. The van der Waals surface area contributed by atoms with Crippen LogP contribution in [0.1, 0.15) is 0 Å². The first-order valence-corrected chi connectivity index (χ1v) is 3.89. The summed E-state index contributed by atoms with van der Waals surface area (Å²) in [4.78, 5) is 15.1. The average Bonchev–Trinajstić information content (AvgIpc) is 2.19. The summed E-state index contributed by atoms with van der Waals surface area (Å²) in [5.41, 5.74) is 0. The number of isocyanates is 1. The van der Waals surface area contributed by atoms with Gasteiger partial charge >= 0.3 is 52.0 Å². The van der Waals surface area contributed by atoms with Crippen LogP contribution in [-0.4, -0.2) is 20.6 Å². The van der Waals surface area contributed by atoms with Crippen LogP contribution in [0.3, 0.4) is 0 Å². The van der Waals surface area contributed by atoms with Gasteiger partial charge in [0.15, 0.2) is 0 Å². The van der Waals surface area contributed by atoms with Gasteiger partial charge in [0.25, 0.3) is 0 Å². The predicted octanol–water partition coefficient (Wildman–Crippen LogP) is 0.711. The number of rotatable bonds is 1. The Morgan fingerprint density at radius 1 is 1.75 bits per heavy atom. The van der Waals surface area contributed by atoms with Gasteiger partial charge < -0.3 is 0 Å². The predicted molar refractivity (Wildman–Crippen MR) is 31.2 cm³/mol. The summed E-state index contributed by atoms with van der Waals surface area (Å²) in [5.74, 6) is 0. The maximum absolute atomic E-state index is 9.61. The van der Waals surface area contributed by atoms with Gasteiger partial charge in [-0.2, -0.15) is 0 Å². The van der Waals surface area contributed by atoms with Crippen LogP contribution >= 0.6 is 0 Å². The number of carbonyl (C=O) groups excluding carboxylic acids is 1. The zero-order chi connectivity index (χ0) is 5.82. The molecule has 0 aliphatic heterocycles. The van der Waals surface area contributed by atoms with E-state index in [4.69, 9.17) is 0 Å². The van der Waals surface area contributed by atoms with E-state index >= 15 is 0 Å². The summed E-state index contributed by atoms with van der Waals surface area (Å²) >= 11 is 0.289. The van der Waals surface area contributed by atoms with E-state index in [2.05, 4.69) is 4.99 Å². The molecule has 8 heavy (non-hydrogen) atoms. The number of nitrogens with zero attached hydrogens (tertiary/aromatic N) is 1. The van der Waals surface area contributed by atoms with Crippen molar-refractivity contribution in [2.75, 3.05) is 0 Å². The van der Waals surface area contributed by atoms with E-state index in [0.29, 0.717) is 0 Å². The van der Waals surface area contributed by atoms with Gasteiger partial charge in [0.05, 0.1) is 0 Å². The minimum atomic E-state index is 0.289. The first-order valence-electron chi connectivity index (χ1n) is 2.05. The van der Waals surface area contributed by atoms with Crippen molar-refractivity contribution in [1.82, 2.24) is 0 Å². The van der Waals surface area contributed by atoms with Gasteiger partial charge in [-0.3, -0.25) is 0 Å². The van der Waals surface area contributed by atoms with E-state index < -0.39 is 0 Å². The van der Waals surface area contributed by atoms with Gasteiger partial charge in [0, 0.05) is 0 Å². The van der Waals surface area contributed by atoms with Gasteiger partial charge in [-0.25, -0.2) is 0 Å². The molecule has 0 saturated carbocycles. The normalized spacial score (nSPS) is 8.00. The molecule has 0 saturated heterocycles. The standard InChI is InChI=1S/C5H3NOSe/c7-4-6-5-2-1-3-8-5/h1-3H. The van der Waals surface area contributed by atoms with Crippen molar-refractivity contribution in [3.63, 3.8) is 0 Å². The Kier molecular flexibility index (Phi) is 1.81. The molecule has 2 nitrogen and oxygen atoms in total. The third kappa shape index (κ3) is 1.17. The Hall–Kier alpha value is -0.621. The zero-order valence-electron chi connectivity index (χ0n) is 4.00. The summed E-state index contributed by atoms with van der Waals surface area (Å²) in [5, 5.41) is 0. The van der Waals surface area contributed by atoms with Gasteiger partial charge in [-0.1, -0.05) is 0 Å². The summed E-state index contributed by atoms with van der Waals surface area (Å²) in [6.07, 6.45) is 1.49. The molecule has 40 valence electrons. The second-order valence-electron chi connectivity index (χ2n) is 1.15. The second kappa shape index (κ2) is 2.63. The zero-order valence-corrected chi connectivity index (χ0v) is 5.71. The summed E-state index contributed by atoms with van der Waals surface area (Å²) in [6.45, 7) is 0. The number of hydrogen-bond acceptors (Lipinski definition) is 2. The summed E-state index contributed by atoms with van der Waals surface area (Å²) in [6, 6.07) is 3.72. The molecule has 1 heterocycles. The fraction of sp³-hybridized carbons (Fsp3) is 0. The minimum absolute atomic E-state index is 0.289. The van der Waals surface area contributed by atoms with Crippen LogP contribution in [0.5, 0.6) is 0 Å². The van der Waals surface area contributed by atoms with Crippen LogP contribution in [0, 0.1) is 0 Å². The monoisotopic (exact) mass is 173 g/mol. The van der Waals surface area contributed by atoms with Gasteiger partial charge in [0.1, 0.15) is 0 Å². The summed E-state index contributed by atoms with van der Waals surface area (Å²) < 4.78 is 0.854. The van der Waals surface area contributed by atoms with E-state index in [1.807, 2.05) is 17.1 Å². The molecule has 0 fully saturated rings. The van der Waals surface area contributed by atoms with Gasteiger partial charge in [-0.15, -0.1) is 0 Å². The molecule has 3 heteroatoms. The molecule has 0 bridgehead atoms. The summed E-state index contributed by atoms with van der Waals surface area (Å²) in [7, 11) is 0. The van der Waals surface area contributed by atoms with Crippen molar-refractivity contribution in [2.24, 2.45) is 4.99 Å². The SMILES string of the molecule is O=C=Nc1ccc[se]1. The molecule has 1 aromatic rings. The fourth-order valence-electron chi connectivity index (χ4n) is 0.378. The molecule has 0 aromatic carbocycles. The van der Waals surface area contributed by atoms with Crippen molar-refractivity contribution in [1.29, 1.82) is 0 Å². The Morgan fingerprint density at radius 2 is 2.62 bits per heavy atom. The Morgan fingerprint density at radius 3 is 3.12 bits per heavy atom. The molecule has 0 radical (unpaired) electrons. The second-order valence-corrected chi connectivity index (χ2v) is 3.10. The molecule has 0 unspecified atom stereocenters. The van der Waals surface area contributed by atoms with Crippen molar-refractivity contribution in [3.05, 3.63) is 17.1 Å². The first kappa shape index (κ1) is 5.51.